The van der Waals surface area contributed by atoms with Gasteiger partial charge in [0.1, 0.15) is 0 Å². The molecule has 0 saturated carbocycles. The first kappa shape index (κ1) is 16.0. The van der Waals surface area contributed by atoms with E-state index in [0.29, 0.717) is 0 Å². The first-order valence-electron chi connectivity index (χ1n) is 7.64. The van der Waals surface area contributed by atoms with Crippen LogP contribution in [0.2, 0.25) is 0 Å². The van der Waals surface area contributed by atoms with Crippen LogP contribution in [-0.2, 0) is 11.8 Å². The summed E-state index contributed by atoms with van der Waals surface area (Å²) in [5.74, 6) is 0. The standard InChI is InChI=1S/C20H15PS3/c22-21(16-8-3-1-4-9-16,17-10-5-2-6-11-17)20-14-13-19(24-20)18-12-7-15-23-18/h1-15H. The van der Waals surface area contributed by atoms with Crippen LogP contribution in [0, 0.1) is 0 Å². The lowest BCUT2D eigenvalue weighted by atomic mass is 10.4. The lowest BCUT2D eigenvalue weighted by molar-refractivity contribution is 1.75. The Morgan fingerprint density at radius 1 is 0.625 bits per heavy atom. The SMILES string of the molecule is S=P(c1ccccc1)(c1ccccc1)c1ccc(-c2cccs2)s1. The van der Waals surface area contributed by atoms with Gasteiger partial charge in [0.05, 0.1) is 0 Å². The van der Waals surface area contributed by atoms with Gasteiger partial charge in [-0.25, -0.2) is 0 Å². The molecular formula is C20H15PS3. The van der Waals surface area contributed by atoms with Crippen LogP contribution in [0.1, 0.15) is 0 Å². The summed E-state index contributed by atoms with van der Waals surface area (Å²) in [5.41, 5.74) is 0. The molecule has 2 heterocycles. The van der Waals surface area contributed by atoms with Gasteiger partial charge in [-0.3, -0.25) is 0 Å². The predicted molar refractivity (Wildman–Crippen MR) is 114 cm³/mol. The van der Waals surface area contributed by atoms with E-state index in [1.54, 1.807) is 11.3 Å². The van der Waals surface area contributed by atoms with E-state index in [1.807, 2.05) is 11.3 Å². The lowest BCUT2D eigenvalue weighted by Gasteiger charge is -2.22. The summed E-state index contributed by atoms with van der Waals surface area (Å²) >= 11 is 9.99. The second-order valence-electron chi connectivity index (χ2n) is 5.40. The van der Waals surface area contributed by atoms with Crippen molar-refractivity contribution in [1.29, 1.82) is 0 Å². The third kappa shape index (κ3) is 2.82. The van der Waals surface area contributed by atoms with E-state index in [-0.39, 0.29) is 0 Å². The first-order chi connectivity index (χ1) is 11.8. The maximum absolute atomic E-state index is 6.37. The highest BCUT2D eigenvalue weighted by Crippen LogP contribution is 2.46. The van der Waals surface area contributed by atoms with Crippen LogP contribution >= 0.6 is 28.7 Å². The van der Waals surface area contributed by atoms with Crippen molar-refractivity contribution >= 4 is 55.7 Å². The molecule has 0 bridgehead atoms. The molecular weight excluding hydrogens is 367 g/mol. The second-order valence-corrected chi connectivity index (χ2v) is 12.1. The topological polar surface area (TPSA) is 0 Å². The third-order valence-electron chi connectivity index (χ3n) is 3.91. The monoisotopic (exact) mass is 382 g/mol. The zero-order valence-electron chi connectivity index (χ0n) is 12.8. The van der Waals surface area contributed by atoms with Crippen LogP contribution in [0.3, 0.4) is 0 Å². The molecule has 0 aliphatic heterocycles. The molecule has 4 aromatic rings. The molecule has 4 rings (SSSR count). The fourth-order valence-corrected chi connectivity index (χ4v) is 9.27. The highest BCUT2D eigenvalue weighted by atomic mass is 32.4. The molecule has 24 heavy (non-hydrogen) atoms. The number of benzene rings is 2. The zero-order chi connectivity index (χ0) is 16.4. The normalized spacial score (nSPS) is 11.5. The minimum absolute atomic E-state index is 1.26. The van der Waals surface area contributed by atoms with Gasteiger partial charge in [0.2, 0.25) is 0 Å². The molecule has 0 radical (unpaired) electrons. The van der Waals surface area contributed by atoms with Crippen molar-refractivity contribution in [1.82, 2.24) is 0 Å². The summed E-state index contributed by atoms with van der Waals surface area (Å²) in [6, 6.07) is 27.9. The summed E-state index contributed by atoms with van der Waals surface area (Å²) < 4.78 is 1.30. The van der Waals surface area contributed by atoms with Crippen molar-refractivity contribution in [3.63, 3.8) is 0 Å². The van der Waals surface area contributed by atoms with Gasteiger partial charge in [-0.05, 0) is 34.2 Å². The average Bonchev–Trinajstić information content (AvgIpc) is 3.34. The second kappa shape index (κ2) is 6.78. The van der Waals surface area contributed by atoms with E-state index in [1.165, 1.54) is 25.0 Å². The molecule has 0 saturated heterocycles. The highest BCUT2D eigenvalue weighted by Gasteiger charge is 2.26. The van der Waals surface area contributed by atoms with E-state index in [2.05, 4.69) is 90.3 Å². The summed E-state index contributed by atoms with van der Waals surface area (Å²) in [6.45, 7) is 0. The van der Waals surface area contributed by atoms with E-state index < -0.39 is 6.04 Å². The van der Waals surface area contributed by atoms with Crippen molar-refractivity contribution in [3.8, 4) is 9.75 Å². The molecule has 0 aliphatic rings. The Hall–Kier alpha value is -1.51. The quantitative estimate of drug-likeness (QED) is 0.435. The summed E-state index contributed by atoms with van der Waals surface area (Å²) in [7, 11) is 0. The molecule has 0 unspecified atom stereocenters. The Labute approximate surface area is 155 Å². The minimum Gasteiger partial charge on any atom is -0.143 e. The van der Waals surface area contributed by atoms with Gasteiger partial charge in [0.15, 0.2) is 0 Å². The Morgan fingerprint density at radius 2 is 1.25 bits per heavy atom. The largest absolute Gasteiger partial charge is 0.143 e. The van der Waals surface area contributed by atoms with Crippen LogP contribution in [-0.4, -0.2) is 0 Å². The molecule has 4 heteroatoms. The third-order valence-corrected chi connectivity index (χ3v) is 12.0. The number of thiophene rings is 2. The maximum Gasteiger partial charge on any atom is 0.0475 e. The van der Waals surface area contributed by atoms with Crippen molar-refractivity contribution in [2.45, 2.75) is 0 Å². The van der Waals surface area contributed by atoms with Gasteiger partial charge in [0.25, 0.3) is 0 Å². The van der Waals surface area contributed by atoms with Gasteiger partial charge in [-0.2, -0.15) is 0 Å². The Morgan fingerprint density at radius 3 is 1.79 bits per heavy atom. The number of hydrogen-bond acceptors (Lipinski definition) is 3. The van der Waals surface area contributed by atoms with Crippen molar-refractivity contribution in [2.75, 3.05) is 0 Å². The predicted octanol–water partition coefficient (Wildman–Crippen LogP) is 5.23. The summed E-state index contributed by atoms with van der Waals surface area (Å²) in [4.78, 5) is 2.62. The maximum atomic E-state index is 6.37. The van der Waals surface area contributed by atoms with E-state index in [9.17, 15) is 0 Å². The summed E-state index contributed by atoms with van der Waals surface area (Å²) in [5, 5.41) is 4.63. The molecule has 0 fully saturated rings. The molecule has 0 atom stereocenters. The number of rotatable bonds is 4. The number of hydrogen-bond donors (Lipinski definition) is 0. The van der Waals surface area contributed by atoms with Crippen LogP contribution in [0.15, 0.2) is 90.3 Å². The lowest BCUT2D eigenvalue weighted by Crippen LogP contribution is -2.22. The van der Waals surface area contributed by atoms with Gasteiger partial charge in [0, 0.05) is 20.4 Å². The van der Waals surface area contributed by atoms with Gasteiger partial charge < -0.3 is 0 Å². The molecule has 0 nitrogen and oxygen atoms in total. The zero-order valence-corrected chi connectivity index (χ0v) is 16.2. The van der Waals surface area contributed by atoms with Crippen LogP contribution < -0.4 is 15.2 Å². The molecule has 2 aromatic heterocycles. The Kier molecular flexibility index (Phi) is 4.51. The van der Waals surface area contributed by atoms with Crippen molar-refractivity contribution in [3.05, 3.63) is 90.3 Å². The highest BCUT2D eigenvalue weighted by molar-refractivity contribution is 8.26. The fourth-order valence-electron chi connectivity index (χ4n) is 2.73. The van der Waals surface area contributed by atoms with Gasteiger partial charge >= 0.3 is 0 Å². The van der Waals surface area contributed by atoms with Crippen molar-refractivity contribution in [2.24, 2.45) is 0 Å². The molecule has 2 aromatic carbocycles. The smallest absolute Gasteiger partial charge is 0.0475 e. The van der Waals surface area contributed by atoms with Crippen LogP contribution in [0.25, 0.3) is 9.75 Å². The van der Waals surface area contributed by atoms with E-state index in [0.717, 1.165) is 0 Å². The molecule has 0 spiro atoms. The van der Waals surface area contributed by atoms with Crippen LogP contribution in [0.5, 0.6) is 0 Å². The fraction of sp³-hybridized carbons (Fsp3) is 0. The van der Waals surface area contributed by atoms with Gasteiger partial charge in [-0.1, -0.05) is 78.5 Å². The summed E-state index contributed by atoms with van der Waals surface area (Å²) in [6.07, 6.45) is 0. The molecule has 0 aliphatic carbocycles. The average molecular weight is 383 g/mol. The Balaban J connectivity index is 1.90. The Bertz CT molecular complexity index is 927. The van der Waals surface area contributed by atoms with E-state index >= 15 is 0 Å². The molecule has 0 N–H and O–H groups in total. The molecule has 0 amide bonds. The first-order valence-corrected chi connectivity index (χ1v) is 12.1. The van der Waals surface area contributed by atoms with Gasteiger partial charge in [-0.15, -0.1) is 22.7 Å². The van der Waals surface area contributed by atoms with Crippen molar-refractivity contribution < 1.29 is 0 Å². The minimum atomic E-state index is -2.00. The van der Waals surface area contributed by atoms with Crippen LogP contribution in [0.4, 0.5) is 0 Å². The van der Waals surface area contributed by atoms with E-state index in [4.69, 9.17) is 11.8 Å². The molecule has 118 valence electrons.